The lowest BCUT2D eigenvalue weighted by atomic mass is 10.0. The summed E-state index contributed by atoms with van der Waals surface area (Å²) in [5.41, 5.74) is 12.7. The molecule has 4 heteroatoms. The van der Waals surface area contributed by atoms with E-state index >= 15 is 0 Å². The predicted molar refractivity (Wildman–Crippen MR) is 57.9 cm³/mol. The van der Waals surface area contributed by atoms with E-state index < -0.39 is 0 Å². The van der Waals surface area contributed by atoms with Gasteiger partial charge in [0.25, 0.3) is 0 Å². The van der Waals surface area contributed by atoms with E-state index in [1.54, 1.807) is 6.07 Å². The fourth-order valence-corrected chi connectivity index (χ4v) is 1.77. The van der Waals surface area contributed by atoms with Crippen molar-refractivity contribution in [2.75, 3.05) is 5.73 Å². The van der Waals surface area contributed by atoms with Gasteiger partial charge in [-0.2, -0.15) is 0 Å². The molecule has 0 amide bonds. The highest BCUT2D eigenvalue weighted by Crippen LogP contribution is 2.37. The Bertz CT molecular complexity index is 336. The van der Waals surface area contributed by atoms with Crippen molar-refractivity contribution in [3.05, 3.63) is 22.8 Å². The van der Waals surface area contributed by atoms with E-state index in [1.165, 1.54) is 12.8 Å². The summed E-state index contributed by atoms with van der Waals surface area (Å²) in [5, 5.41) is 0.421. The topological polar surface area (TPSA) is 64.9 Å². The van der Waals surface area contributed by atoms with Gasteiger partial charge in [0, 0.05) is 11.6 Å². The van der Waals surface area contributed by atoms with Crippen molar-refractivity contribution in [3.8, 4) is 0 Å². The number of nitrogens with two attached hydrogens (primary N) is 2. The Morgan fingerprint density at radius 1 is 1.50 bits per heavy atom. The van der Waals surface area contributed by atoms with Crippen LogP contribution in [0.3, 0.4) is 0 Å². The average Bonchev–Trinajstić information content (AvgIpc) is 2.87. The molecule has 1 atom stereocenters. The van der Waals surface area contributed by atoms with Crippen LogP contribution in [0.1, 0.15) is 30.9 Å². The molecule has 0 radical (unpaired) electrons. The second kappa shape index (κ2) is 3.75. The Balaban J connectivity index is 2.13. The predicted octanol–water partition coefficient (Wildman–Crippen LogP) is 2.12. The van der Waals surface area contributed by atoms with Gasteiger partial charge in [0.05, 0.1) is 0 Å². The summed E-state index contributed by atoms with van der Waals surface area (Å²) in [4.78, 5) is 3.99. The van der Waals surface area contributed by atoms with Crippen molar-refractivity contribution in [2.24, 2.45) is 11.7 Å². The van der Waals surface area contributed by atoms with Gasteiger partial charge in [0.15, 0.2) is 0 Å². The molecule has 0 spiro atoms. The van der Waals surface area contributed by atoms with Crippen molar-refractivity contribution < 1.29 is 0 Å². The highest BCUT2D eigenvalue weighted by molar-refractivity contribution is 6.29. The van der Waals surface area contributed by atoms with E-state index in [0.29, 0.717) is 11.0 Å². The van der Waals surface area contributed by atoms with Crippen LogP contribution in [0.2, 0.25) is 5.15 Å². The van der Waals surface area contributed by atoms with Crippen LogP contribution < -0.4 is 11.5 Å². The fraction of sp³-hybridized carbons (Fsp3) is 0.500. The lowest BCUT2D eigenvalue weighted by Crippen LogP contribution is -2.14. The summed E-state index contributed by atoms with van der Waals surface area (Å²) in [6.45, 7) is 0. The van der Waals surface area contributed by atoms with Crippen LogP contribution in [0.15, 0.2) is 12.1 Å². The number of halogens is 1. The molecule has 1 heterocycles. The van der Waals surface area contributed by atoms with Crippen LogP contribution in [-0.2, 0) is 0 Å². The SMILES string of the molecule is Nc1nc(Cl)ccc1[C@H](N)CC1CC1. The van der Waals surface area contributed by atoms with Gasteiger partial charge in [0.1, 0.15) is 11.0 Å². The molecule has 4 N–H and O–H groups in total. The van der Waals surface area contributed by atoms with Crippen molar-refractivity contribution in [2.45, 2.75) is 25.3 Å². The molecular weight excluding hydrogens is 198 g/mol. The maximum atomic E-state index is 6.02. The first-order chi connectivity index (χ1) is 6.66. The van der Waals surface area contributed by atoms with E-state index in [2.05, 4.69) is 4.98 Å². The van der Waals surface area contributed by atoms with E-state index in [0.717, 1.165) is 17.9 Å². The normalized spacial score (nSPS) is 18.1. The minimum absolute atomic E-state index is 0.00673. The molecule has 2 rings (SSSR count). The number of aromatic nitrogens is 1. The zero-order valence-corrected chi connectivity index (χ0v) is 8.67. The summed E-state index contributed by atoms with van der Waals surface area (Å²) >= 11 is 5.71. The summed E-state index contributed by atoms with van der Waals surface area (Å²) in [6.07, 6.45) is 3.61. The van der Waals surface area contributed by atoms with E-state index in [1.807, 2.05) is 6.07 Å². The van der Waals surface area contributed by atoms with Crippen LogP contribution in [0.4, 0.5) is 5.82 Å². The number of nitrogens with zero attached hydrogens (tertiary/aromatic N) is 1. The van der Waals surface area contributed by atoms with Gasteiger partial charge < -0.3 is 11.5 Å². The third kappa shape index (κ3) is 2.16. The standard InChI is InChI=1S/C10H14ClN3/c11-9-4-3-7(10(13)14-9)8(12)5-6-1-2-6/h3-4,6,8H,1-2,5,12H2,(H2,13,14)/t8-/m1/s1. The Labute approximate surface area is 88.5 Å². The van der Waals surface area contributed by atoms with Gasteiger partial charge in [-0.3, -0.25) is 0 Å². The van der Waals surface area contributed by atoms with Crippen molar-refractivity contribution in [1.82, 2.24) is 4.98 Å². The van der Waals surface area contributed by atoms with Crippen LogP contribution in [0.5, 0.6) is 0 Å². The van der Waals surface area contributed by atoms with Crippen LogP contribution in [0, 0.1) is 5.92 Å². The number of nitrogen functional groups attached to an aromatic ring is 1. The minimum Gasteiger partial charge on any atom is -0.383 e. The second-order valence-corrected chi connectivity index (χ2v) is 4.28. The Hall–Kier alpha value is -0.800. The zero-order chi connectivity index (χ0) is 10.1. The Morgan fingerprint density at radius 2 is 2.21 bits per heavy atom. The molecule has 3 nitrogen and oxygen atoms in total. The number of anilines is 1. The van der Waals surface area contributed by atoms with Crippen LogP contribution in [0.25, 0.3) is 0 Å². The molecule has 76 valence electrons. The minimum atomic E-state index is 0.00673. The van der Waals surface area contributed by atoms with Gasteiger partial charge in [0.2, 0.25) is 0 Å². The van der Waals surface area contributed by atoms with Crippen LogP contribution >= 0.6 is 11.6 Å². The van der Waals surface area contributed by atoms with Crippen molar-refractivity contribution in [1.29, 1.82) is 0 Å². The van der Waals surface area contributed by atoms with Gasteiger partial charge in [-0.1, -0.05) is 30.5 Å². The summed E-state index contributed by atoms with van der Waals surface area (Å²) in [6, 6.07) is 3.62. The highest BCUT2D eigenvalue weighted by Gasteiger charge is 2.25. The molecule has 0 unspecified atom stereocenters. The maximum Gasteiger partial charge on any atom is 0.131 e. The molecule has 1 saturated carbocycles. The summed E-state index contributed by atoms with van der Waals surface area (Å²) < 4.78 is 0. The molecule has 1 fully saturated rings. The highest BCUT2D eigenvalue weighted by atomic mass is 35.5. The lowest BCUT2D eigenvalue weighted by Gasteiger charge is -2.13. The number of hydrogen-bond donors (Lipinski definition) is 2. The lowest BCUT2D eigenvalue weighted by molar-refractivity contribution is 0.597. The van der Waals surface area contributed by atoms with Gasteiger partial charge in [-0.25, -0.2) is 4.98 Å². The van der Waals surface area contributed by atoms with Crippen LogP contribution in [-0.4, -0.2) is 4.98 Å². The first kappa shape index (κ1) is 9.74. The molecule has 1 aromatic rings. The summed E-state index contributed by atoms with van der Waals surface area (Å²) in [5.74, 6) is 1.26. The molecule has 0 bridgehead atoms. The largest absolute Gasteiger partial charge is 0.383 e. The molecule has 0 aromatic carbocycles. The third-order valence-electron chi connectivity index (χ3n) is 2.61. The first-order valence-corrected chi connectivity index (χ1v) is 5.22. The van der Waals surface area contributed by atoms with E-state index in [9.17, 15) is 0 Å². The smallest absolute Gasteiger partial charge is 0.131 e. The second-order valence-electron chi connectivity index (χ2n) is 3.89. The Morgan fingerprint density at radius 3 is 2.79 bits per heavy atom. The molecule has 1 aliphatic rings. The van der Waals surface area contributed by atoms with Crippen molar-refractivity contribution in [3.63, 3.8) is 0 Å². The number of pyridine rings is 1. The van der Waals surface area contributed by atoms with E-state index in [4.69, 9.17) is 23.1 Å². The molecular formula is C10H14ClN3. The van der Waals surface area contributed by atoms with E-state index in [-0.39, 0.29) is 6.04 Å². The molecule has 0 aliphatic heterocycles. The molecule has 14 heavy (non-hydrogen) atoms. The third-order valence-corrected chi connectivity index (χ3v) is 2.82. The molecule has 1 aromatic heterocycles. The zero-order valence-electron chi connectivity index (χ0n) is 7.91. The maximum absolute atomic E-state index is 6.02. The number of rotatable bonds is 3. The average molecular weight is 212 g/mol. The molecule has 0 saturated heterocycles. The quantitative estimate of drug-likeness (QED) is 0.753. The molecule has 1 aliphatic carbocycles. The summed E-state index contributed by atoms with van der Waals surface area (Å²) in [7, 11) is 0. The van der Waals surface area contributed by atoms with Crippen molar-refractivity contribution >= 4 is 17.4 Å². The fourth-order valence-electron chi connectivity index (χ4n) is 1.61. The van der Waals surface area contributed by atoms with Gasteiger partial charge in [-0.05, 0) is 18.4 Å². The monoisotopic (exact) mass is 211 g/mol. The Kier molecular flexibility index (Phi) is 2.61. The van der Waals surface area contributed by atoms with Gasteiger partial charge in [-0.15, -0.1) is 0 Å². The number of hydrogen-bond acceptors (Lipinski definition) is 3. The van der Waals surface area contributed by atoms with Gasteiger partial charge >= 0.3 is 0 Å². The first-order valence-electron chi connectivity index (χ1n) is 4.84.